The van der Waals surface area contributed by atoms with E-state index in [1.54, 1.807) is 0 Å². The summed E-state index contributed by atoms with van der Waals surface area (Å²) in [6.45, 7) is 24.8. The summed E-state index contributed by atoms with van der Waals surface area (Å²) in [7, 11) is 1.95. The molecule has 5 aromatic heterocycles. The zero-order valence-corrected chi connectivity index (χ0v) is 79.0. The summed E-state index contributed by atoms with van der Waals surface area (Å²) in [6.07, 6.45) is 18.4. The number of pyridine rings is 2. The lowest BCUT2D eigenvalue weighted by Gasteiger charge is -2.37. The predicted octanol–water partition coefficient (Wildman–Crippen LogP) is 20.8. The molecular formula is C106H119N13O11S2. The number of anilines is 5. The molecule has 12 aromatic rings. The van der Waals surface area contributed by atoms with E-state index >= 15 is 0 Å². The normalized spacial score (nSPS) is 18.4. The smallest absolute Gasteiger partial charge is 0.358 e. The molecule has 0 bridgehead atoms. The average Bonchev–Trinajstić information content (AvgIpc) is 1.68. The van der Waals surface area contributed by atoms with Gasteiger partial charge in [0.2, 0.25) is 11.8 Å². The molecule has 1 atom stereocenters. The second-order valence-electron chi connectivity index (χ2n) is 38.2. The summed E-state index contributed by atoms with van der Waals surface area (Å²) in [5, 5.41) is 15.5. The Bertz CT molecular complexity index is 6250. The van der Waals surface area contributed by atoms with E-state index in [1.165, 1.54) is 53.2 Å². The molecule has 0 spiro atoms. The van der Waals surface area contributed by atoms with Gasteiger partial charge in [0.1, 0.15) is 40.6 Å². The molecule has 2 saturated heterocycles. The van der Waals surface area contributed by atoms with Gasteiger partial charge < -0.3 is 38.4 Å². The van der Waals surface area contributed by atoms with Crippen LogP contribution in [-0.4, -0.2) is 146 Å². The number of fused-ring (bicyclic) bond motifs is 5. The monoisotopic (exact) mass is 1810 g/mol. The van der Waals surface area contributed by atoms with Gasteiger partial charge in [-0.15, -0.1) is 0 Å². The van der Waals surface area contributed by atoms with E-state index in [2.05, 4.69) is 83.6 Å². The zero-order chi connectivity index (χ0) is 92.1. The van der Waals surface area contributed by atoms with Gasteiger partial charge in [0.05, 0.1) is 49.8 Å². The van der Waals surface area contributed by atoms with Crippen molar-refractivity contribution in [3.8, 4) is 33.8 Å². The van der Waals surface area contributed by atoms with Gasteiger partial charge >= 0.3 is 11.9 Å². The first-order valence-electron chi connectivity index (χ1n) is 47.0. The minimum Gasteiger partial charge on any atom is -0.490 e. The fraction of sp³-hybridized carbons (Fsp3) is 0.415. The molecule has 3 N–H and O–H groups in total. The summed E-state index contributed by atoms with van der Waals surface area (Å²) >= 11 is 2.91. The van der Waals surface area contributed by atoms with E-state index in [9.17, 15) is 33.6 Å². The lowest BCUT2D eigenvalue weighted by atomic mass is 9.84. The minimum absolute atomic E-state index is 0.127. The number of esters is 2. The van der Waals surface area contributed by atoms with Crippen molar-refractivity contribution in [2.75, 3.05) is 71.1 Å². The standard InChI is InChI=1S/C62H71N9O6S.C44H48N4O5S/c1-38-43(44-25-28-53(64-56(44)60(75)77-62(3,4)5)71-32-30-41-14-11-16-45(48(41)37-71)58(73)66-61-63-49-17-7-8-19-52(49)78-61)15-12-18-51(38)76-42-22-20-40(21-23-42)13-9-10-31-69-33-35-70(36-34-69)50-27-24-46-55(67-68(6)57(46)39(50)2)47-26-29-54(72)65-59(47)74;1-28-32(13-10-16-37(28)52-31-20-18-29(19-21-31)11-7-8-26-49)33-22-23-39(46-40(33)42(51)53-44(2,3)4)48-25-24-30-12-9-14-34(35(30)27-48)41(50)47-43-45-36-15-5-6-17-38(36)54-43/h7-8,11-12,14-19,24-25,27-28,40,42,47H,9-10,13,20-23,26,29-37H2,1-6H3,(H,63,66,73)(H,65,72,74);5-6,9-10,12-17,22-23,26,29,31H,7-8,11,18-21,24-25,27H2,1-4H3,(H,45,47,50). The van der Waals surface area contributed by atoms with Crippen LogP contribution in [0.2, 0.25) is 0 Å². The first-order chi connectivity index (χ1) is 63.7. The number of para-hydroxylation sites is 2. The van der Waals surface area contributed by atoms with Crippen LogP contribution in [-0.2, 0) is 56.8 Å². The Labute approximate surface area is 780 Å². The molecule has 4 aliphatic heterocycles. The molecule has 18 rings (SSSR count). The third-order valence-corrected chi connectivity index (χ3v) is 28.7. The van der Waals surface area contributed by atoms with Crippen molar-refractivity contribution in [2.24, 2.45) is 18.9 Å². The zero-order valence-electron chi connectivity index (χ0n) is 77.3. The number of thiazole rings is 2. The fourth-order valence-electron chi connectivity index (χ4n) is 19.9. The molecule has 4 fully saturated rings. The SMILES string of the molecule is Cc1c(OC2CCC(CCCC=O)CC2)cccc1-c1ccc(N2CCc3cccc(C(=O)Nc4nc5ccccc5s4)c3C2)nc1C(=O)OC(C)(C)C.Cc1c(OC2CCC(CCCCN3CCN(c4ccc5c(C6CCC(=O)NC6=O)nn(C)c5c4C)CC3)CC2)cccc1-c1ccc(N2CCc3cccc(C(=O)Nc4nc5ccccc5s4)c3C2)nc1C(=O)OC(C)(C)C. The van der Waals surface area contributed by atoms with Crippen molar-refractivity contribution < 1.29 is 52.5 Å². The molecule has 4 amide bonds. The topological polar surface area (TPSA) is 275 Å². The number of rotatable bonds is 25. The van der Waals surface area contributed by atoms with E-state index in [0.717, 1.165) is 209 Å². The number of aromatic nitrogens is 6. The van der Waals surface area contributed by atoms with Gasteiger partial charge in [0.25, 0.3) is 11.8 Å². The number of carbonyl (C=O) groups is 7. The number of amides is 4. The first-order valence-corrected chi connectivity index (χ1v) is 48.6. The number of aldehydes is 1. The molecule has 6 aliphatic rings. The Morgan fingerprint density at radius 3 is 1.48 bits per heavy atom. The number of benzene rings is 7. The molecule has 9 heterocycles. The van der Waals surface area contributed by atoms with Crippen LogP contribution in [0.15, 0.2) is 158 Å². The third-order valence-electron chi connectivity index (χ3n) is 26.8. The molecule has 7 aromatic carbocycles. The van der Waals surface area contributed by atoms with E-state index in [1.807, 2.05) is 194 Å². The van der Waals surface area contributed by atoms with Crippen LogP contribution in [0.3, 0.4) is 0 Å². The second kappa shape index (κ2) is 40.0. The van der Waals surface area contributed by atoms with E-state index in [0.29, 0.717) is 101 Å². The highest BCUT2D eigenvalue weighted by molar-refractivity contribution is 7.22. The summed E-state index contributed by atoms with van der Waals surface area (Å²) < 4.78 is 29.3. The molecule has 2 aliphatic carbocycles. The highest BCUT2D eigenvalue weighted by Crippen LogP contribution is 2.43. The van der Waals surface area contributed by atoms with Crippen molar-refractivity contribution >= 4 is 123 Å². The number of ether oxygens (including phenoxy) is 4. The van der Waals surface area contributed by atoms with Gasteiger partial charge in [-0.1, -0.05) is 115 Å². The van der Waals surface area contributed by atoms with Crippen LogP contribution in [0, 0.1) is 32.6 Å². The van der Waals surface area contributed by atoms with E-state index in [-0.39, 0.29) is 47.2 Å². The molecule has 686 valence electrons. The van der Waals surface area contributed by atoms with Crippen molar-refractivity contribution in [1.82, 2.24) is 39.9 Å². The maximum absolute atomic E-state index is 14.1. The number of hydrogen-bond acceptors (Lipinski definition) is 22. The Balaban J connectivity index is 0.000000197. The summed E-state index contributed by atoms with van der Waals surface area (Å²) in [5.74, 6) is 2.01. The minimum atomic E-state index is -0.730. The van der Waals surface area contributed by atoms with Crippen molar-refractivity contribution in [3.63, 3.8) is 0 Å². The van der Waals surface area contributed by atoms with E-state index < -0.39 is 29.1 Å². The Kier molecular flexibility index (Phi) is 27.8. The first kappa shape index (κ1) is 91.6. The Hall–Kier alpha value is -12.3. The second-order valence-corrected chi connectivity index (χ2v) is 40.2. The molecule has 1 unspecified atom stereocenters. The molecule has 26 heteroatoms. The number of piperazine rings is 1. The van der Waals surface area contributed by atoms with Gasteiger partial charge in [-0.3, -0.25) is 44.7 Å². The largest absolute Gasteiger partial charge is 0.490 e. The number of unbranched alkanes of at least 4 members (excludes halogenated alkanes) is 2. The van der Waals surface area contributed by atoms with Crippen molar-refractivity contribution in [1.29, 1.82) is 0 Å². The predicted molar refractivity (Wildman–Crippen MR) is 522 cm³/mol. The average molecular weight is 1820 g/mol. The third kappa shape index (κ3) is 21.1. The molecular weight excluding hydrogens is 1700 g/mol. The van der Waals surface area contributed by atoms with Gasteiger partial charge in [-0.2, -0.15) is 5.10 Å². The van der Waals surface area contributed by atoms with Crippen LogP contribution in [0.5, 0.6) is 11.5 Å². The Morgan fingerprint density at radius 2 is 0.992 bits per heavy atom. The number of hydrogen-bond donors (Lipinski definition) is 3. The Morgan fingerprint density at radius 1 is 0.500 bits per heavy atom. The van der Waals surface area contributed by atoms with Gasteiger partial charge in [0.15, 0.2) is 21.7 Å². The molecule has 24 nitrogen and oxygen atoms in total. The number of carbonyl (C=O) groups excluding carboxylic acids is 7. The molecule has 0 radical (unpaired) electrons. The fourth-order valence-corrected chi connectivity index (χ4v) is 21.6. The lowest BCUT2D eigenvalue weighted by molar-refractivity contribution is -0.134. The van der Waals surface area contributed by atoms with Gasteiger partial charge in [-0.25, -0.2) is 29.5 Å². The van der Waals surface area contributed by atoms with E-state index in [4.69, 9.17) is 34.0 Å². The van der Waals surface area contributed by atoms with Crippen LogP contribution in [0.4, 0.5) is 27.6 Å². The maximum atomic E-state index is 14.1. The lowest BCUT2D eigenvalue weighted by Crippen LogP contribution is -2.46. The number of nitrogens with zero attached hydrogens (tertiary/aromatic N) is 10. The van der Waals surface area contributed by atoms with Gasteiger partial charge in [0, 0.05) is 106 Å². The summed E-state index contributed by atoms with van der Waals surface area (Å²) in [5.41, 5.74) is 15.3. The number of imide groups is 1. The van der Waals surface area contributed by atoms with Crippen LogP contribution >= 0.6 is 22.7 Å². The molecule has 2 saturated carbocycles. The van der Waals surface area contributed by atoms with Crippen molar-refractivity contribution in [2.45, 2.75) is 220 Å². The maximum Gasteiger partial charge on any atom is 0.358 e. The quantitative estimate of drug-likeness (QED) is 0.0207. The van der Waals surface area contributed by atoms with Crippen LogP contribution in [0.25, 0.3) is 53.6 Å². The van der Waals surface area contributed by atoms with Gasteiger partial charge in [-0.05, 0) is 299 Å². The van der Waals surface area contributed by atoms with Crippen molar-refractivity contribution in [3.05, 3.63) is 225 Å². The summed E-state index contributed by atoms with van der Waals surface area (Å²) in [6, 6.07) is 51.6. The number of aryl methyl sites for hydroxylation is 2. The summed E-state index contributed by atoms with van der Waals surface area (Å²) in [4.78, 5) is 119. The molecule has 132 heavy (non-hydrogen) atoms. The van der Waals surface area contributed by atoms with Crippen LogP contribution in [0.1, 0.15) is 237 Å². The number of piperidine rings is 1. The highest BCUT2D eigenvalue weighted by atomic mass is 32.1. The van der Waals surface area contributed by atoms with Crippen LogP contribution < -0.4 is 40.1 Å². The highest BCUT2D eigenvalue weighted by Gasteiger charge is 2.36. The number of nitrogens with one attached hydrogen (secondary N) is 3.